The highest BCUT2D eigenvalue weighted by molar-refractivity contribution is 6.52. The molecular formula is C12H14Cl4O3. The molecular weight excluding hydrogens is 334 g/mol. The SMILES string of the molecule is COC1(OC)[C@@]2(Cl)C(Cl)=C(Cl)[C@]1(Cl)[C@@H]1CC[C@H](O)[C@@H]12. The van der Waals surface area contributed by atoms with Crippen molar-refractivity contribution in [1.82, 2.24) is 0 Å². The van der Waals surface area contributed by atoms with Crippen LogP contribution in [0, 0.1) is 11.8 Å². The third-order valence-electron chi connectivity index (χ3n) is 4.96. The van der Waals surface area contributed by atoms with E-state index in [2.05, 4.69) is 0 Å². The van der Waals surface area contributed by atoms with Gasteiger partial charge in [0.2, 0.25) is 5.79 Å². The lowest BCUT2D eigenvalue weighted by atomic mass is 9.84. The maximum atomic E-state index is 10.2. The fraction of sp³-hybridized carbons (Fsp3) is 0.833. The molecule has 0 heterocycles. The van der Waals surface area contributed by atoms with Crippen LogP contribution in [-0.2, 0) is 9.47 Å². The summed E-state index contributed by atoms with van der Waals surface area (Å²) >= 11 is 26.2. The van der Waals surface area contributed by atoms with Crippen molar-refractivity contribution in [3.63, 3.8) is 0 Å². The number of methoxy groups -OCH3 is 2. The Morgan fingerprint density at radius 1 is 1.05 bits per heavy atom. The van der Waals surface area contributed by atoms with Crippen LogP contribution in [0.15, 0.2) is 10.1 Å². The minimum absolute atomic E-state index is 0.128. The third kappa shape index (κ3) is 1.22. The van der Waals surface area contributed by atoms with Crippen LogP contribution >= 0.6 is 46.4 Å². The number of hydrogen-bond donors (Lipinski definition) is 1. The van der Waals surface area contributed by atoms with Crippen molar-refractivity contribution in [2.75, 3.05) is 14.2 Å². The Kier molecular flexibility index (Phi) is 3.22. The first-order valence-electron chi connectivity index (χ1n) is 6.05. The molecule has 3 rings (SSSR count). The van der Waals surface area contributed by atoms with E-state index in [1.54, 1.807) is 0 Å². The van der Waals surface area contributed by atoms with Crippen molar-refractivity contribution >= 4 is 46.4 Å². The lowest BCUT2D eigenvalue weighted by Crippen LogP contribution is -2.58. The molecule has 0 saturated heterocycles. The molecule has 2 bridgehead atoms. The van der Waals surface area contributed by atoms with Crippen LogP contribution in [0.1, 0.15) is 12.8 Å². The van der Waals surface area contributed by atoms with E-state index in [-0.39, 0.29) is 21.9 Å². The molecule has 2 fully saturated rings. The van der Waals surface area contributed by atoms with Gasteiger partial charge < -0.3 is 14.6 Å². The molecule has 1 N–H and O–H groups in total. The molecule has 3 aliphatic carbocycles. The normalized spacial score (nSPS) is 51.0. The standard InChI is InChI=1S/C12H14Cl4O3/c1-18-12(19-2)10(15)5-3-4-6(17)7(5)11(12,16)9(14)8(10)13/h5-7,17H,3-4H2,1-2H3/t5-,6+,7-,10-,11+/m1/s1. The summed E-state index contributed by atoms with van der Waals surface area (Å²) in [6, 6.07) is 0. The molecule has 0 aliphatic heterocycles. The first-order valence-corrected chi connectivity index (χ1v) is 7.56. The Bertz CT molecular complexity index is 464. The van der Waals surface area contributed by atoms with E-state index in [4.69, 9.17) is 55.9 Å². The van der Waals surface area contributed by atoms with Gasteiger partial charge in [0.1, 0.15) is 9.75 Å². The number of aliphatic hydroxyl groups is 1. The molecule has 3 aliphatic rings. The predicted octanol–water partition coefficient (Wildman–Crippen LogP) is 3.03. The lowest BCUT2D eigenvalue weighted by Gasteiger charge is -2.42. The molecule has 0 amide bonds. The van der Waals surface area contributed by atoms with Gasteiger partial charge in [0, 0.05) is 20.1 Å². The maximum Gasteiger partial charge on any atom is 0.217 e. The quantitative estimate of drug-likeness (QED) is 0.616. The molecule has 0 radical (unpaired) electrons. The largest absolute Gasteiger partial charge is 0.393 e. The van der Waals surface area contributed by atoms with Gasteiger partial charge in [0.15, 0.2) is 0 Å². The predicted molar refractivity (Wildman–Crippen MR) is 74.9 cm³/mol. The van der Waals surface area contributed by atoms with Crippen molar-refractivity contribution in [1.29, 1.82) is 0 Å². The number of rotatable bonds is 2. The molecule has 0 aromatic heterocycles. The highest BCUT2D eigenvalue weighted by atomic mass is 35.5. The van der Waals surface area contributed by atoms with E-state index < -0.39 is 21.6 Å². The summed E-state index contributed by atoms with van der Waals surface area (Å²) in [4.78, 5) is -2.41. The number of hydrogen-bond acceptors (Lipinski definition) is 3. The Morgan fingerprint density at radius 3 is 2.11 bits per heavy atom. The fourth-order valence-electron chi connectivity index (χ4n) is 4.29. The van der Waals surface area contributed by atoms with E-state index in [9.17, 15) is 5.11 Å². The number of fused-ring (bicyclic) bond motifs is 5. The average Bonchev–Trinajstić information content (AvgIpc) is 2.90. The first kappa shape index (κ1) is 14.7. The molecule has 0 aromatic rings. The van der Waals surface area contributed by atoms with Gasteiger partial charge in [-0.2, -0.15) is 0 Å². The number of aliphatic hydroxyl groups excluding tert-OH is 1. The Hall–Kier alpha value is 0.780. The Labute approximate surface area is 131 Å². The van der Waals surface area contributed by atoms with Crippen LogP contribution in [0.25, 0.3) is 0 Å². The monoisotopic (exact) mass is 346 g/mol. The van der Waals surface area contributed by atoms with Crippen molar-refractivity contribution in [3.05, 3.63) is 10.1 Å². The van der Waals surface area contributed by atoms with Crippen molar-refractivity contribution < 1.29 is 14.6 Å². The summed E-state index contributed by atoms with van der Waals surface area (Å²) in [6.07, 6.45) is 0.737. The molecule has 2 saturated carbocycles. The van der Waals surface area contributed by atoms with Crippen LogP contribution in [0.5, 0.6) is 0 Å². The van der Waals surface area contributed by atoms with Crippen LogP contribution < -0.4 is 0 Å². The Morgan fingerprint density at radius 2 is 1.58 bits per heavy atom. The second kappa shape index (κ2) is 4.16. The van der Waals surface area contributed by atoms with E-state index in [0.29, 0.717) is 12.8 Å². The van der Waals surface area contributed by atoms with Gasteiger partial charge in [-0.3, -0.25) is 0 Å². The van der Waals surface area contributed by atoms with E-state index in [0.717, 1.165) is 0 Å². The zero-order valence-corrected chi connectivity index (χ0v) is 13.4. The van der Waals surface area contributed by atoms with Gasteiger partial charge in [-0.15, -0.1) is 23.2 Å². The smallest absolute Gasteiger partial charge is 0.217 e. The van der Waals surface area contributed by atoms with Crippen molar-refractivity contribution in [2.24, 2.45) is 11.8 Å². The lowest BCUT2D eigenvalue weighted by molar-refractivity contribution is -0.223. The van der Waals surface area contributed by atoms with Gasteiger partial charge in [0.05, 0.1) is 16.2 Å². The molecule has 0 aromatic carbocycles. The summed E-state index contributed by atoms with van der Waals surface area (Å²) in [6.45, 7) is 0. The van der Waals surface area contributed by atoms with Crippen LogP contribution in [-0.4, -0.2) is 41.0 Å². The van der Waals surface area contributed by atoms with Gasteiger partial charge in [0.25, 0.3) is 0 Å². The second-order valence-electron chi connectivity index (χ2n) is 5.35. The topological polar surface area (TPSA) is 38.7 Å². The van der Waals surface area contributed by atoms with E-state index >= 15 is 0 Å². The molecule has 108 valence electrons. The molecule has 7 heteroatoms. The summed E-state index contributed by atoms with van der Waals surface area (Å²) < 4.78 is 11.1. The maximum absolute atomic E-state index is 10.2. The molecule has 0 unspecified atom stereocenters. The van der Waals surface area contributed by atoms with Gasteiger partial charge in [-0.05, 0) is 18.8 Å². The number of ether oxygens (including phenoxy) is 2. The first-order chi connectivity index (χ1) is 8.82. The van der Waals surface area contributed by atoms with Crippen molar-refractivity contribution in [3.8, 4) is 0 Å². The molecule has 3 nitrogen and oxygen atoms in total. The van der Waals surface area contributed by atoms with Gasteiger partial charge >= 0.3 is 0 Å². The summed E-state index contributed by atoms with van der Waals surface area (Å²) in [7, 11) is 2.93. The zero-order chi connectivity index (χ0) is 14.2. The zero-order valence-electron chi connectivity index (χ0n) is 10.4. The van der Waals surface area contributed by atoms with Gasteiger partial charge in [-0.25, -0.2) is 0 Å². The highest BCUT2D eigenvalue weighted by Crippen LogP contribution is 2.76. The fourth-order valence-corrected chi connectivity index (χ4v) is 6.59. The molecule has 5 atom stereocenters. The van der Waals surface area contributed by atoms with E-state index in [1.807, 2.05) is 0 Å². The molecule has 19 heavy (non-hydrogen) atoms. The summed E-state index contributed by atoms with van der Waals surface area (Å²) in [5.41, 5.74) is 0. The summed E-state index contributed by atoms with van der Waals surface area (Å²) in [5, 5.41) is 10.7. The second-order valence-corrected chi connectivity index (χ2v) is 7.30. The Balaban J connectivity index is 2.30. The number of alkyl halides is 2. The molecule has 0 spiro atoms. The van der Waals surface area contributed by atoms with Crippen LogP contribution in [0.3, 0.4) is 0 Å². The summed E-state index contributed by atoms with van der Waals surface area (Å²) in [5.74, 6) is -1.83. The highest BCUT2D eigenvalue weighted by Gasteiger charge is 2.86. The minimum Gasteiger partial charge on any atom is -0.393 e. The third-order valence-corrected chi connectivity index (χ3v) is 7.63. The van der Waals surface area contributed by atoms with Crippen LogP contribution in [0.2, 0.25) is 0 Å². The van der Waals surface area contributed by atoms with Crippen molar-refractivity contribution in [2.45, 2.75) is 34.5 Å². The van der Waals surface area contributed by atoms with Crippen LogP contribution in [0.4, 0.5) is 0 Å². The average molecular weight is 348 g/mol. The minimum atomic E-state index is -1.37. The van der Waals surface area contributed by atoms with E-state index in [1.165, 1.54) is 14.2 Å². The van der Waals surface area contributed by atoms with Gasteiger partial charge in [-0.1, -0.05) is 23.2 Å². The number of halogens is 4.